The van der Waals surface area contributed by atoms with E-state index in [4.69, 9.17) is 16.7 Å². The first-order chi connectivity index (χ1) is 9.40. The Morgan fingerprint density at radius 3 is 2.55 bits per heavy atom. The lowest BCUT2D eigenvalue weighted by molar-refractivity contribution is -0.384. The van der Waals surface area contributed by atoms with Crippen molar-refractivity contribution in [1.29, 1.82) is 0 Å². The van der Waals surface area contributed by atoms with E-state index in [1.807, 2.05) is 4.90 Å². The van der Waals surface area contributed by atoms with Crippen molar-refractivity contribution in [3.05, 3.63) is 32.8 Å². The van der Waals surface area contributed by atoms with E-state index >= 15 is 0 Å². The number of benzene rings is 1. The maximum atomic E-state index is 11.2. The SMILES string of the molecule is CC1CCN(c2c(Cl)cc(C(=O)O)cc2[N+](=O)[O-])CC1. The van der Waals surface area contributed by atoms with Crippen LogP contribution in [0, 0.1) is 16.0 Å². The van der Waals surface area contributed by atoms with Crippen molar-refractivity contribution in [2.45, 2.75) is 19.8 Å². The minimum Gasteiger partial charge on any atom is -0.478 e. The molecule has 108 valence electrons. The minimum absolute atomic E-state index is 0.117. The summed E-state index contributed by atoms with van der Waals surface area (Å²) >= 11 is 6.08. The summed E-state index contributed by atoms with van der Waals surface area (Å²) in [4.78, 5) is 23.4. The van der Waals surface area contributed by atoms with Gasteiger partial charge in [0.15, 0.2) is 0 Å². The summed E-state index contributed by atoms with van der Waals surface area (Å²) in [5.74, 6) is -0.642. The predicted octanol–water partition coefficient (Wildman–Crippen LogP) is 3.18. The fourth-order valence-corrected chi connectivity index (χ4v) is 2.73. The van der Waals surface area contributed by atoms with E-state index in [0.717, 1.165) is 18.9 Å². The van der Waals surface area contributed by atoms with Gasteiger partial charge in [0.1, 0.15) is 5.69 Å². The highest BCUT2D eigenvalue weighted by Gasteiger charge is 2.27. The number of anilines is 1. The molecule has 0 bridgehead atoms. The lowest BCUT2D eigenvalue weighted by Gasteiger charge is -2.32. The number of hydrogen-bond acceptors (Lipinski definition) is 4. The molecule has 1 fully saturated rings. The lowest BCUT2D eigenvalue weighted by Crippen LogP contribution is -2.33. The lowest BCUT2D eigenvalue weighted by atomic mass is 9.98. The third kappa shape index (κ3) is 2.85. The average molecular weight is 299 g/mol. The molecule has 0 amide bonds. The molecule has 1 aromatic rings. The number of aromatic carboxylic acids is 1. The van der Waals surface area contributed by atoms with Crippen LogP contribution in [0.3, 0.4) is 0 Å². The van der Waals surface area contributed by atoms with E-state index in [0.29, 0.717) is 24.7 Å². The van der Waals surface area contributed by atoms with Crippen LogP contribution in [0.15, 0.2) is 12.1 Å². The van der Waals surface area contributed by atoms with Gasteiger partial charge in [0, 0.05) is 19.2 Å². The van der Waals surface area contributed by atoms with Gasteiger partial charge in [-0.1, -0.05) is 18.5 Å². The second-order valence-corrected chi connectivity index (χ2v) is 5.46. The number of nitro groups is 1. The number of carbonyl (C=O) groups is 1. The maximum absolute atomic E-state index is 11.2. The van der Waals surface area contributed by atoms with Gasteiger partial charge in [0.05, 0.1) is 15.5 Å². The van der Waals surface area contributed by atoms with Crippen LogP contribution in [-0.2, 0) is 0 Å². The summed E-state index contributed by atoms with van der Waals surface area (Å²) in [5.41, 5.74) is -0.0890. The molecule has 0 aromatic heterocycles. The van der Waals surface area contributed by atoms with Gasteiger partial charge in [-0.3, -0.25) is 10.1 Å². The number of carboxylic acids is 1. The van der Waals surface area contributed by atoms with E-state index in [-0.39, 0.29) is 16.3 Å². The van der Waals surface area contributed by atoms with E-state index < -0.39 is 10.9 Å². The van der Waals surface area contributed by atoms with Gasteiger partial charge in [-0.05, 0) is 24.8 Å². The van der Waals surface area contributed by atoms with Gasteiger partial charge in [0.2, 0.25) is 0 Å². The summed E-state index contributed by atoms with van der Waals surface area (Å²) < 4.78 is 0. The average Bonchev–Trinajstić information content (AvgIpc) is 2.39. The van der Waals surface area contributed by atoms with Crippen LogP contribution in [-0.4, -0.2) is 29.1 Å². The topological polar surface area (TPSA) is 83.7 Å². The van der Waals surface area contributed by atoms with Crippen LogP contribution >= 0.6 is 11.6 Å². The molecule has 0 atom stereocenters. The summed E-state index contributed by atoms with van der Waals surface area (Å²) in [7, 11) is 0. The molecule has 1 saturated heterocycles. The Hall–Kier alpha value is -1.82. The molecule has 0 spiro atoms. The van der Waals surface area contributed by atoms with Gasteiger partial charge in [-0.25, -0.2) is 4.79 Å². The zero-order valence-electron chi connectivity index (χ0n) is 11.0. The van der Waals surface area contributed by atoms with Crippen molar-refractivity contribution in [1.82, 2.24) is 0 Å². The quantitative estimate of drug-likeness (QED) is 0.684. The second kappa shape index (κ2) is 5.66. The molecule has 0 unspecified atom stereocenters. The zero-order valence-corrected chi connectivity index (χ0v) is 11.8. The third-order valence-corrected chi connectivity index (χ3v) is 3.87. The van der Waals surface area contributed by atoms with Crippen LogP contribution in [0.1, 0.15) is 30.1 Å². The summed E-state index contributed by atoms with van der Waals surface area (Å²) in [6.45, 7) is 3.52. The van der Waals surface area contributed by atoms with Crippen molar-refractivity contribution in [2.75, 3.05) is 18.0 Å². The van der Waals surface area contributed by atoms with E-state index in [2.05, 4.69) is 6.92 Å². The molecule has 1 N–H and O–H groups in total. The van der Waals surface area contributed by atoms with Crippen molar-refractivity contribution in [3.8, 4) is 0 Å². The smallest absolute Gasteiger partial charge is 0.335 e. The molecule has 0 saturated carbocycles. The molecule has 7 heteroatoms. The van der Waals surface area contributed by atoms with E-state index in [1.54, 1.807) is 0 Å². The Morgan fingerprint density at radius 2 is 2.05 bits per heavy atom. The summed E-state index contributed by atoms with van der Waals surface area (Å²) in [5, 5.41) is 20.3. The molecule has 1 aromatic carbocycles. The molecular weight excluding hydrogens is 284 g/mol. The van der Waals surface area contributed by atoms with Crippen molar-refractivity contribution < 1.29 is 14.8 Å². The van der Waals surface area contributed by atoms with Crippen LogP contribution in [0.5, 0.6) is 0 Å². The first-order valence-electron chi connectivity index (χ1n) is 6.36. The molecule has 1 aliphatic rings. The molecule has 1 heterocycles. The zero-order chi connectivity index (χ0) is 14.9. The van der Waals surface area contributed by atoms with Crippen LogP contribution in [0.25, 0.3) is 0 Å². The minimum atomic E-state index is -1.23. The molecular formula is C13H15ClN2O4. The normalized spacial score (nSPS) is 16.2. The highest BCUT2D eigenvalue weighted by molar-refractivity contribution is 6.34. The largest absolute Gasteiger partial charge is 0.478 e. The highest BCUT2D eigenvalue weighted by Crippen LogP contribution is 2.38. The summed E-state index contributed by atoms with van der Waals surface area (Å²) in [6, 6.07) is 2.34. The van der Waals surface area contributed by atoms with Gasteiger partial charge < -0.3 is 10.0 Å². The van der Waals surface area contributed by atoms with Crippen LogP contribution < -0.4 is 4.90 Å². The van der Waals surface area contributed by atoms with E-state index in [1.165, 1.54) is 6.07 Å². The van der Waals surface area contributed by atoms with Crippen molar-refractivity contribution >= 4 is 28.9 Å². The molecule has 6 nitrogen and oxygen atoms in total. The standard InChI is InChI=1S/C13H15ClN2O4/c1-8-2-4-15(5-3-8)12-10(14)6-9(13(17)18)7-11(12)16(19)20/h6-8H,2-5H2,1H3,(H,17,18). The van der Waals surface area contributed by atoms with Crippen LogP contribution in [0.2, 0.25) is 5.02 Å². The van der Waals surface area contributed by atoms with Gasteiger partial charge in [-0.2, -0.15) is 0 Å². The Balaban J connectivity index is 2.46. The predicted molar refractivity (Wildman–Crippen MR) is 75.7 cm³/mol. The monoisotopic (exact) mass is 298 g/mol. The molecule has 0 aliphatic carbocycles. The number of rotatable bonds is 3. The first kappa shape index (κ1) is 14.6. The third-order valence-electron chi connectivity index (χ3n) is 3.59. The number of carboxylic acid groups (broad SMARTS) is 1. The fourth-order valence-electron chi connectivity index (χ4n) is 2.39. The first-order valence-corrected chi connectivity index (χ1v) is 6.74. The second-order valence-electron chi connectivity index (χ2n) is 5.06. The number of nitro benzene ring substituents is 1. The Labute approximate surface area is 121 Å². The Kier molecular flexibility index (Phi) is 4.13. The van der Waals surface area contributed by atoms with E-state index in [9.17, 15) is 14.9 Å². The highest BCUT2D eigenvalue weighted by atomic mass is 35.5. The molecule has 0 radical (unpaired) electrons. The van der Waals surface area contributed by atoms with Crippen molar-refractivity contribution in [3.63, 3.8) is 0 Å². The number of hydrogen-bond donors (Lipinski definition) is 1. The molecule has 1 aliphatic heterocycles. The fraction of sp³-hybridized carbons (Fsp3) is 0.462. The van der Waals surface area contributed by atoms with Crippen molar-refractivity contribution in [2.24, 2.45) is 5.92 Å². The number of piperidine rings is 1. The summed E-state index contributed by atoms with van der Waals surface area (Å²) in [6.07, 6.45) is 1.88. The maximum Gasteiger partial charge on any atom is 0.335 e. The van der Waals surface area contributed by atoms with Gasteiger partial charge in [0.25, 0.3) is 5.69 Å². The van der Waals surface area contributed by atoms with Crippen LogP contribution in [0.4, 0.5) is 11.4 Å². The van der Waals surface area contributed by atoms with Gasteiger partial charge >= 0.3 is 5.97 Å². The molecule has 2 rings (SSSR count). The Morgan fingerprint density at radius 1 is 1.45 bits per heavy atom. The molecule has 20 heavy (non-hydrogen) atoms. The number of nitrogens with zero attached hydrogens (tertiary/aromatic N) is 2. The van der Waals surface area contributed by atoms with Gasteiger partial charge in [-0.15, -0.1) is 0 Å². The number of halogens is 1. The Bertz CT molecular complexity index is 554.